The minimum absolute atomic E-state index is 0.293. The molecule has 1 unspecified atom stereocenters. The molecule has 0 aromatic carbocycles. The molecule has 1 rings (SSSR count). The van der Waals surface area contributed by atoms with Gasteiger partial charge in [-0.1, -0.05) is 6.92 Å². The van der Waals surface area contributed by atoms with Gasteiger partial charge in [0.25, 0.3) is 0 Å². The molecule has 14 heavy (non-hydrogen) atoms. The first kappa shape index (κ1) is 12.0. The second-order valence-corrected chi connectivity index (χ2v) is 5.03. The van der Waals surface area contributed by atoms with Gasteiger partial charge in [-0.25, -0.2) is 0 Å². The Morgan fingerprint density at radius 3 is 2.57 bits per heavy atom. The lowest BCUT2D eigenvalue weighted by Gasteiger charge is -2.51. The number of piperazine rings is 1. The van der Waals surface area contributed by atoms with Gasteiger partial charge in [0.15, 0.2) is 0 Å². The maximum Gasteiger partial charge on any atom is 0.0283 e. The van der Waals surface area contributed by atoms with Crippen LogP contribution >= 0.6 is 0 Å². The molecule has 0 aliphatic carbocycles. The highest BCUT2D eigenvalue weighted by atomic mass is 15.3. The summed E-state index contributed by atoms with van der Waals surface area (Å²) in [6.45, 7) is 11.1. The maximum absolute atomic E-state index is 5.67. The van der Waals surface area contributed by atoms with Crippen LogP contribution in [0.5, 0.6) is 0 Å². The van der Waals surface area contributed by atoms with Crippen molar-refractivity contribution in [1.82, 2.24) is 9.80 Å². The van der Waals surface area contributed by atoms with Crippen molar-refractivity contribution in [2.24, 2.45) is 5.73 Å². The van der Waals surface area contributed by atoms with Crippen molar-refractivity contribution < 1.29 is 0 Å². The summed E-state index contributed by atoms with van der Waals surface area (Å²) in [6.07, 6.45) is 1.11. The second kappa shape index (κ2) is 4.60. The van der Waals surface area contributed by atoms with Gasteiger partial charge in [-0.15, -0.1) is 0 Å². The highest BCUT2D eigenvalue weighted by Gasteiger charge is 2.36. The van der Waals surface area contributed by atoms with Crippen LogP contribution in [0.4, 0.5) is 0 Å². The zero-order valence-electron chi connectivity index (χ0n) is 10.1. The molecule has 1 aliphatic heterocycles. The fourth-order valence-corrected chi connectivity index (χ4v) is 2.89. The van der Waals surface area contributed by atoms with E-state index in [4.69, 9.17) is 5.73 Å². The lowest BCUT2D eigenvalue weighted by Crippen LogP contribution is -2.63. The number of nitrogens with zero attached hydrogens (tertiary/aromatic N) is 2. The summed E-state index contributed by atoms with van der Waals surface area (Å²) in [4.78, 5) is 5.02. The summed E-state index contributed by atoms with van der Waals surface area (Å²) in [6, 6.07) is 0.638. The Morgan fingerprint density at radius 2 is 2.07 bits per heavy atom. The summed E-state index contributed by atoms with van der Waals surface area (Å²) in [5.74, 6) is 0. The van der Waals surface area contributed by atoms with Crippen LogP contribution in [0.2, 0.25) is 0 Å². The molecule has 84 valence electrons. The Bertz CT molecular complexity index is 179. The topological polar surface area (TPSA) is 32.5 Å². The van der Waals surface area contributed by atoms with Gasteiger partial charge in [0.2, 0.25) is 0 Å². The van der Waals surface area contributed by atoms with Crippen LogP contribution < -0.4 is 5.73 Å². The highest BCUT2D eigenvalue weighted by molar-refractivity contribution is 4.94. The Morgan fingerprint density at radius 1 is 1.43 bits per heavy atom. The number of likely N-dealkylation sites (N-methyl/N-ethyl adjacent to an activating group) is 2. The number of hydrogen-bond donors (Lipinski definition) is 1. The maximum atomic E-state index is 5.67. The molecule has 2 N–H and O–H groups in total. The van der Waals surface area contributed by atoms with Crippen molar-refractivity contribution in [1.29, 1.82) is 0 Å². The Kier molecular flexibility index (Phi) is 3.93. The van der Waals surface area contributed by atoms with Crippen molar-refractivity contribution in [2.45, 2.75) is 38.8 Å². The van der Waals surface area contributed by atoms with Gasteiger partial charge in [0, 0.05) is 24.7 Å². The third-order valence-corrected chi connectivity index (χ3v) is 3.24. The molecule has 0 spiro atoms. The van der Waals surface area contributed by atoms with Gasteiger partial charge in [0.1, 0.15) is 0 Å². The minimum atomic E-state index is 0.293. The molecule has 0 aromatic heterocycles. The first-order valence-electron chi connectivity index (χ1n) is 5.66. The third kappa shape index (κ3) is 2.47. The van der Waals surface area contributed by atoms with Crippen molar-refractivity contribution >= 4 is 0 Å². The predicted molar refractivity (Wildman–Crippen MR) is 61.4 cm³/mol. The first-order valence-corrected chi connectivity index (χ1v) is 5.66. The number of rotatable bonds is 3. The van der Waals surface area contributed by atoms with Crippen LogP contribution in [0.3, 0.4) is 0 Å². The van der Waals surface area contributed by atoms with E-state index in [0.29, 0.717) is 11.6 Å². The van der Waals surface area contributed by atoms with E-state index in [1.54, 1.807) is 0 Å². The smallest absolute Gasteiger partial charge is 0.0283 e. The quantitative estimate of drug-likeness (QED) is 0.728. The van der Waals surface area contributed by atoms with Crippen molar-refractivity contribution in [3.63, 3.8) is 0 Å². The van der Waals surface area contributed by atoms with Gasteiger partial charge in [0.05, 0.1) is 0 Å². The molecule has 1 aliphatic rings. The minimum Gasteiger partial charge on any atom is -0.330 e. The average Bonchev–Trinajstić information content (AvgIpc) is 2.01. The highest BCUT2D eigenvalue weighted by Crippen LogP contribution is 2.25. The predicted octanol–water partition coefficient (Wildman–Crippen LogP) is 0.750. The summed E-state index contributed by atoms with van der Waals surface area (Å²) < 4.78 is 0. The summed E-state index contributed by atoms with van der Waals surface area (Å²) in [5.41, 5.74) is 5.96. The monoisotopic (exact) mass is 199 g/mol. The van der Waals surface area contributed by atoms with E-state index in [1.165, 1.54) is 0 Å². The fourth-order valence-electron chi connectivity index (χ4n) is 2.89. The summed E-state index contributed by atoms with van der Waals surface area (Å²) in [7, 11) is 2.21. The molecule has 1 saturated heterocycles. The molecule has 0 bridgehead atoms. The lowest BCUT2D eigenvalue weighted by molar-refractivity contribution is -0.0139. The second-order valence-electron chi connectivity index (χ2n) is 5.03. The summed E-state index contributed by atoms with van der Waals surface area (Å²) >= 11 is 0. The molecule has 3 heteroatoms. The molecule has 1 fully saturated rings. The van der Waals surface area contributed by atoms with E-state index in [1.807, 2.05) is 0 Å². The zero-order chi connectivity index (χ0) is 10.8. The van der Waals surface area contributed by atoms with Gasteiger partial charge in [-0.2, -0.15) is 0 Å². The van der Waals surface area contributed by atoms with E-state index in [2.05, 4.69) is 37.6 Å². The molecule has 3 nitrogen and oxygen atoms in total. The zero-order valence-corrected chi connectivity index (χ0v) is 10.1. The van der Waals surface area contributed by atoms with E-state index >= 15 is 0 Å². The standard InChI is InChI=1S/C11H25N3/c1-5-14-10(6-7-12)8-13(4)9-11(14,2)3/h10H,5-9,12H2,1-4H3. The van der Waals surface area contributed by atoms with Crippen LogP contribution in [0.15, 0.2) is 0 Å². The van der Waals surface area contributed by atoms with Crippen LogP contribution in [-0.2, 0) is 0 Å². The van der Waals surface area contributed by atoms with Crippen molar-refractivity contribution in [3.8, 4) is 0 Å². The van der Waals surface area contributed by atoms with Crippen LogP contribution in [-0.4, -0.2) is 54.6 Å². The van der Waals surface area contributed by atoms with E-state index in [-0.39, 0.29) is 0 Å². The van der Waals surface area contributed by atoms with Gasteiger partial charge in [-0.05, 0) is 40.4 Å². The van der Waals surface area contributed by atoms with Crippen LogP contribution in [0.25, 0.3) is 0 Å². The van der Waals surface area contributed by atoms with Gasteiger partial charge >= 0.3 is 0 Å². The normalized spacial score (nSPS) is 29.4. The largest absolute Gasteiger partial charge is 0.330 e. The van der Waals surface area contributed by atoms with Gasteiger partial charge in [-0.3, -0.25) is 4.90 Å². The molecule has 1 heterocycles. The SMILES string of the molecule is CCN1C(CCN)CN(C)CC1(C)C. The number of nitrogens with two attached hydrogens (primary N) is 1. The molecule has 0 amide bonds. The molecular weight excluding hydrogens is 174 g/mol. The van der Waals surface area contributed by atoms with E-state index in [0.717, 1.165) is 32.6 Å². The molecular formula is C11H25N3. The first-order chi connectivity index (χ1) is 6.51. The Balaban J connectivity index is 2.71. The Hall–Kier alpha value is -0.120. The number of hydrogen-bond acceptors (Lipinski definition) is 3. The van der Waals surface area contributed by atoms with E-state index < -0.39 is 0 Å². The molecule has 0 aromatic rings. The van der Waals surface area contributed by atoms with Crippen LogP contribution in [0.1, 0.15) is 27.2 Å². The van der Waals surface area contributed by atoms with Crippen LogP contribution in [0, 0.1) is 0 Å². The lowest BCUT2D eigenvalue weighted by atomic mass is 9.94. The van der Waals surface area contributed by atoms with Gasteiger partial charge < -0.3 is 10.6 Å². The molecule has 0 radical (unpaired) electrons. The van der Waals surface area contributed by atoms with Crippen molar-refractivity contribution in [3.05, 3.63) is 0 Å². The average molecular weight is 199 g/mol. The molecule has 0 saturated carbocycles. The van der Waals surface area contributed by atoms with Crippen molar-refractivity contribution in [2.75, 3.05) is 33.2 Å². The Labute approximate surface area is 88.2 Å². The van der Waals surface area contributed by atoms with E-state index in [9.17, 15) is 0 Å². The fraction of sp³-hybridized carbons (Fsp3) is 1.00. The summed E-state index contributed by atoms with van der Waals surface area (Å²) in [5, 5.41) is 0. The third-order valence-electron chi connectivity index (χ3n) is 3.24. The molecule has 1 atom stereocenters.